The molecule has 2 aliphatic heterocycles. The van der Waals surface area contributed by atoms with Crippen molar-refractivity contribution in [3.63, 3.8) is 0 Å². The molecule has 2 aliphatic rings. The van der Waals surface area contributed by atoms with Gasteiger partial charge in [-0.15, -0.1) is 0 Å². The van der Waals surface area contributed by atoms with E-state index in [9.17, 15) is 0 Å². The van der Waals surface area contributed by atoms with E-state index in [1.165, 1.54) is 25.7 Å². The van der Waals surface area contributed by atoms with E-state index in [1.54, 1.807) is 0 Å². The lowest BCUT2D eigenvalue weighted by Gasteiger charge is -2.47. The lowest BCUT2D eigenvalue weighted by Crippen LogP contribution is -2.53. The quantitative estimate of drug-likeness (QED) is 0.617. The molecule has 2 fully saturated rings. The van der Waals surface area contributed by atoms with E-state index in [-0.39, 0.29) is 0 Å². The standard InChI is InChI=1S/C11H21NO/c1-4-10-6-9-7-11(13-10)5-8(2)12(9)3/h8-11H,4-7H2,1-3H3. The summed E-state index contributed by atoms with van der Waals surface area (Å²) in [5.74, 6) is 0. The Labute approximate surface area is 81.3 Å². The fraction of sp³-hybridized carbons (Fsp3) is 1.00. The molecule has 0 saturated carbocycles. The predicted octanol–water partition coefficient (Wildman–Crippen LogP) is 2.04. The lowest BCUT2D eigenvalue weighted by atomic mass is 9.87. The Morgan fingerprint density at radius 2 is 2.08 bits per heavy atom. The van der Waals surface area contributed by atoms with Gasteiger partial charge in [-0.25, -0.2) is 0 Å². The average Bonchev–Trinajstić information content (AvgIpc) is 2.14. The molecule has 76 valence electrons. The van der Waals surface area contributed by atoms with Crippen LogP contribution in [0.2, 0.25) is 0 Å². The van der Waals surface area contributed by atoms with Crippen molar-refractivity contribution in [1.82, 2.24) is 4.90 Å². The van der Waals surface area contributed by atoms with Crippen molar-refractivity contribution < 1.29 is 4.74 Å². The van der Waals surface area contributed by atoms with Gasteiger partial charge < -0.3 is 9.64 Å². The molecule has 0 aliphatic carbocycles. The minimum Gasteiger partial charge on any atom is -0.375 e. The Morgan fingerprint density at radius 1 is 1.31 bits per heavy atom. The van der Waals surface area contributed by atoms with Crippen molar-refractivity contribution in [3.05, 3.63) is 0 Å². The number of fused-ring (bicyclic) bond motifs is 2. The van der Waals surface area contributed by atoms with Crippen LogP contribution in [0.5, 0.6) is 0 Å². The topological polar surface area (TPSA) is 12.5 Å². The summed E-state index contributed by atoms with van der Waals surface area (Å²) in [7, 11) is 2.27. The Bertz CT molecular complexity index is 178. The number of likely N-dealkylation sites (tertiary alicyclic amines) is 1. The van der Waals surface area contributed by atoms with E-state index in [4.69, 9.17) is 4.74 Å². The summed E-state index contributed by atoms with van der Waals surface area (Å²) < 4.78 is 6.00. The summed E-state index contributed by atoms with van der Waals surface area (Å²) in [6.45, 7) is 4.55. The van der Waals surface area contributed by atoms with Gasteiger partial charge in [-0.2, -0.15) is 0 Å². The number of hydrogen-bond acceptors (Lipinski definition) is 2. The predicted molar refractivity (Wildman–Crippen MR) is 53.8 cm³/mol. The van der Waals surface area contributed by atoms with Crippen molar-refractivity contribution >= 4 is 0 Å². The van der Waals surface area contributed by atoms with E-state index in [1.807, 2.05) is 0 Å². The van der Waals surface area contributed by atoms with Gasteiger partial charge in [0.1, 0.15) is 0 Å². The van der Waals surface area contributed by atoms with Crippen molar-refractivity contribution in [2.45, 2.75) is 63.8 Å². The van der Waals surface area contributed by atoms with Crippen LogP contribution in [0.4, 0.5) is 0 Å². The van der Waals surface area contributed by atoms with Crippen LogP contribution >= 0.6 is 0 Å². The van der Waals surface area contributed by atoms with Crippen molar-refractivity contribution in [1.29, 1.82) is 0 Å². The molecular weight excluding hydrogens is 162 g/mol. The van der Waals surface area contributed by atoms with E-state index < -0.39 is 0 Å². The first kappa shape index (κ1) is 9.47. The second-order valence-corrected chi connectivity index (χ2v) is 4.66. The zero-order chi connectivity index (χ0) is 9.42. The van der Waals surface area contributed by atoms with Gasteiger partial charge >= 0.3 is 0 Å². The molecule has 0 N–H and O–H groups in total. The van der Waals surface area contributed by atoms with Crippen LogP contribution in [-0.4, -0.2) is 36.2 Å². The van der Waals surface area contributed by atoms with Gasteiger partial charge in [0.25, 0.3) is 0 Å². The summed E-state index contributed by atoms with van der Waals surface area (Å²) in [4.78, 5) is 2.54. The molecule has 0 aromatic rings. The molecule has 2 heteroatoms. The normalized spacial score (nSPS) is 46.4. The van der Waals surface area contributed by atoms with Gasteiger partial charge in [0.2, 0.25) is 0 Å². The number of ether oxygens (including phenoxy) is 1. The Kier molecular flexibility index (Phi) is 2.61. The molecule has 0 amide bonds. The molecule has 13 heavy (non-hydrogen) atoms. The Balaban J connectivity index is 2.03. The largest absolute Gasteiger partial charge is 0.375 e. The zero-order valence-electron chi connectivity index (χ0n) is 8.99. The first-order valence-electron chi connectivity index (χ1n) is 5.58. The highest BCUT2D eigenvalue weighted by Crippen LogP contribution is 2.33. The van der Waals surface area contributed by atoms with Crippen LogP contribution < -0.4 is 0 Å². The van der Waals surface area contributed by atoms with Gasteiger partial charge in [-0.05, 0) is 39.7 Å². The minimum absolute atomic E-state index is 0.527. The van der Waals surface area contributed by atoms with Crippen LogP contribution in [0.1, 0.15) is 39.5 Å². The molecule has 0 aromatic heterocycles. The summed E-state index contributed by atoms with van der Waals surface area (Å²) in [6.07, 6.45) is 5.98. The number of nitrogens with zero attached hydrogens (tertiary/aromatic N) is 1. The second kappa shape index (κ2) is 3.58. The van der Waals surface area contributed by atoms with Crippen molar-refractivity contribution in [2.75, 3.05) is 7.05 Å². The maximum absolute atomic E-state index is 6.00. The molecule has 4 atom stereocenters. The molecule has 2 heterocycles. The summed E-state index contributed by atoms with van der Waals surface area (Å²) in [6, 6.07) is 1.49. The third-order valence-corrected chi connectivity index (χ3v) is 3.79. The van der Waals surface area contributed by atoms with E-state index in [2.05, 4.69) is 25.8 Å². The van der Waals surface area contributed by atoms with Crippen molar-refractivity contribution in [3.8, 4) is 0 Å². The molecule has 4 unspecified atom stereocenters. The van der Waals surface area contributed by atoms with Crippen LogP contribution in [0, 0.1) is 0 Å². The highest BCUT2D eigenvalue weighted by Gasteiger charge is 2.37. The summed E-state index contributed by atoms with van der Waals surface area (Å²) >= 11 is 0. The van der Waals surface area contributed by atoms with Gasteiger partial charge in [0.05, 0.1) is 12.2 Å². The molecule has 2 saturated heterocycles. The monoisotopic (exact) mass is 183 g/mol. The Morgan fingerprint density at radius 3 is 2.77 bits per heavy atom. The number of piperidine rings is 1. The van der Waals surface area contributed by atoms with Crippen LogP contribution in [-0.2, 0) is 4.74 Å². The van der Waals surface area contributed by atoms with Crippen LogP contribution in [0.15, 0.2) is 0 Å². The molecule has 2 rings (SSSR count). The number of hydrogen-bond donors (Lipinski definition) is 0. The fourth-order valence-corrected chi connectivity index (χ4v) is 2.74. The zero-order valence-corrected chi connectivity index (χ0v) is 8.99. The van der Waals surface area contributed by atoms with E-state index in [0.29, 0.717) is 18.2 Å². The maximum atomic E-state index is 6.00. The van der Waals surface area contributed by atoms with Gasteiger partial charge in [-0.3, -0.25) is 0 Å². The highest BCUT2D eigenvalue weighted by molar-refractivity contribution is 4.90. The van der Waals surface area contributed by atoms with E-state index in [0.717, 1.165) is 6.04 Å². The molecule has 0 spiro atoms. The highest BCUT2D eigenvalue weighted by atomic mass is 16.5. The SMILES string of the molecule is CCC1CC2CC(CC(C)N2C)O1. The second-order valence-electron chi connectivity index (χ2n) is 4.66. The first-order valence-corrected chi connectivity index (χ1v) is 5.58. The van der Waals surface area contributed by atoms with Crippen LogP contribution in [0.25, 0.3) is 0 Å². The van der Waals surface area contributed by atoms with E-state index >= 15 is 0 Å². The first-order chi connectivity index (χ1) is 6.20. The van der Waals surface area contributed by atoms with Crippen molar-refractivity contribution in [2.24, 2.45) is 0 Å². The third kappa shape index (κ3) is 1.75. The summed E-state index contributed by atoms with van der Waals surface area (Å²) in [5, 5.41) is 0. The Hall–Kier alpha value is -0.0800. The minimum atomic E-state index is 0.527. The van der Waals surface area contributed by atoms with Gasteiger partial charge in [0, 0.05) is 12.1 Å². The smallest absolute Gasteiger partial charge is 0.0608 e. The number of rotatable bonds is 1. The molecular formula is C11H21NO. The molecule has 2 nitrogen and oxygen atoms in total. The average molecular weight is 183 g/mol. The molecule has 2 bridgehead atoms. The fourth-order valence-electron chi connectivity index (χ4n) is 2.74. The van der Waals surface area contributed by atoms with Gasteiger partial charge in [-0.1, -0.05) is 6.92 Å². The molecule has 0 aromatic carbocycles. The molecule has 0 radical (unpaired) electrons. The van der Waals surface area contributed by atoms with Gasteiger partial charge in [0.15, 0.2) is 0 Å². The lowest BCUT2D eigenvalue weighted by molar-refractivity contribution is -0.121. The maximum Gasteiger partial charge on any atom is 0.0608 e. The van der Waals surface area contributed by atoms with Crippen LogP contribution in [0.3, 0.4) is 0 Å². The third-order valence-electron chi connectivity index (χ3n) is 3.79. The summed E-state index contributed by atoms with van der Waals surface area (Å²) in [5.41, 5.74) is 0.